The van der Waals surface area contributed by atoms with Gasteiger partial charge in [0, 0.05) is 6.07 Å². The van der Waals surface area contributed by atoms with Crippen LogP contribution in [-0.4, -0.2) is 12.4 Å². The Labute approximate surface area is 170 Å². The van der Waals surface area contributed by atoms with Gasteiger partial charge in [0.1, 0.15) is 18.1 Å². The first kappa shape index (κ1) is 18.8. The van der Waals surface area contributed by atoms with Gasteiger partial charge in [0.2, 0.25) is 5.78 Å². The highest BCUT2D eigenvalue weighted by molar-refractivity contribution is 6.15. The molecule has 0 aliphatic carbocycles. The molecule has 0 fully saturated rings. The van der Waals surface area contributed by atoms with Crippen molar-refractivity contribution in [1.29, 1.82) is 0 Å². The molecule has 0 N–H and O–H groups in total. The summed E-state index contributed by atoms with van der Waals surface area (Å²) in [5.41, 5.74) is 5.57. The average molecular weight is 382 g/mol. The Morgan fingerprint density at radius 1 is 1.03 bits per heavy atom. The minimum Gasteiger partial charge on any atom is -0.489 e. The Balaban J connectivity index is 1.58. The van der Waals surface area contributed by atoms with Crippen LogP contribution in [0.5, 0.6) is 11.5 Å². The smallest absolute Gasteiger partial charge is 0.232 e. The molecule has 0 saturated carbocycles. The van der Waals surface area contributed by atoms with E-state index in [0.29, 0.717) is 29.4 Å². The maximum Gasteiger partial charge on any atom is 0.232 e. The molecule has 0 radical (unpaired) electrons. The van der Waals surface area contributed by atoms with E-state index in [1.807, 2.05) is 62.4 Å². The summed E-state index contributed by atoms with van der Waals surface area (Å²) in [4.78, 5) is 12.8. The van der Waals surface area contributed by atoms with E-state index in [1.165, 1.54) is 0 Å². The lowest BCUT2D eigenvalue weighted by atomic mass is 10.0. The summed E-state index contributed by atoms with van der Waals surface area (Å²) in [6.45, 7) is 8.08. The zero-order valence-electron chi connectivity index (χ0n) is 16.6. The summed E-state index contributed by atoms with van der Waals surface area (Å²) in [6.07, 6.45) is 1.78. The summed E-state index contributed by atoms with van der Waals surface area (Å²) in [5.74, 6) is 1.44. The van der Waals surface area contributed by atoms with Gasteiger partial charge in [-0.25, -0.2) is 0 Å². The molecule has 0 spiro atoms. The number of carbonyl (C=O) groups is 1. The summed E-state index contributed by atoms with van der Waals surface area (Å²) in [5, 5.41) is 0. The van der Waals surface area contributed by atoms with E-state index in [2.05, 4.69) is 18.7 Å². The van der Waals surface area contributed by atoms with Crippen LogP contribution >= 0.6 is 0 Å². The van der Waals surface area contributed by atoms with Crippen molar-refractivity contribution in [3.63, 3.8) is 0 Å². The van der Waals surface area contributed by atoms with Gasteiger partial charge in [-0.2, -0.15) is 0 Å². The number of hydrogen-bond acceptors (Lipinski definition) is 3. The van der Waals surface area contributed by atoms with Gasteiger partial charge in [-0.15, -0.1) is 0 Å². The van der Waals surface area contributed by atoms with Gasteiger partial charge < -0.3 is 9.47 Å². The van der Waals surface area contributed by atoms with Crippen LogP contribution in [0.2, 0.25) is 0 Å². The van der Waals surface area contributed by atoms with Gasteiger partial charge in [-0.3, -0.25) is 4.79 Å². The van der Waals surface area contributed by atoms with Gasteiger partial charge in [0.25, 0.3) is 0 Å². The van der Waals surface area contributed by atoms with Gasteiger partial charge in [-0.1, -0.05) is 61.2 Å². The predicted octanol–water partition coefficient (Wildman–Crippen LogP) is 6.23. The van der Waals surface area contributed by atoms with Crippen molar-refractivity contribution in [1.82, 2.24) is 0 Å². The second-order valence-corrected chi connectivity index (χ2v) is 7.29. The minimum absolute atomic E-state index is 0.101. The number of fused-ring (bicyclic) bond motifs is 1. The van der Waals surface area contributed by atoms with E-state index in [9.17, 15) is 4.79 Å². The fourth-order valence-electron chi connectivity index (χ4n) is 3.32. The number of ketones is 1. The zero-order valence-corrected chi connectivity index (χ0v) is 16.6. The highest BCUT2D eigenvalue weighted by Crippen LogP contribution is 2.37. The largest absolute Gasteiger partial charge is 0.489 e. The highest BCUT2D eigenvalue weighted by Gasteiger charge is 2.30. The van der Waals surface area contributed by atoms with Crippen molar-refractivity contribution in [3.8, 4) is 22.6 Å². The number of ether oxygens (including phenoxy) is 2. The molecule has 4 rings (SSSR count). The Hall–Kier alpha value is -3.59. The Bertz CT molecular complexity index is 1110. The van der Waals surface area contributed by atoms with Crippen LogP contribution in [0.15, 0.2) is 84.6 Å². The number of aryl methyl sites for hydroxylation is 1. The van der Waals surface area contributed by atoms with E-state index < -0.39 is 0 Å². The Kier molecular flexibility index (Phi) is 5.05. The fourth-order valence-corrected chi connectivity index (χ4v) is 3.32. The topological polar surface area (TPSA) is 35.5 Å². The van der Waals surface area contributed by atoms with Gasteiger partial charge >= 0.3 is 0 Å². The van der Waals surface area contributed by atoms with E-state index in [-0.39, 0.29) is 5.78 Å². The molecule has 3 aromatic rings. The lowest BCUT2D eigenvalue weighted by molar-refractivity contribution is 0.101. The molecule has 0 bridgehead atoms. The lowest BCUT2D eigenvalue weighted by Gasteiger charge is -2.08. The molecular formula is C26H22O3. The van der Waals surface area contributed by atoms with Gasteiger partial charge in [-0.05, 0) is 53.8 Å². The molecule has 0 amide bonds. The van der Waals surface area contributed by atoms with Crippen molar-refractivity contribution in [2.24, 2.45) is 0 Å². The van der Waals surface area contributed by atoms with Crippen LogP contribution in [-0.2, 0) is 0 Å². The van der Waals surface area contributed by atoms with Crippen LogP contribution < -0.4 is 9.47 Å². The van der Waals surface area contributed by atoms with Gasteiger partial charge in [0.15, 0.2) is 5.76 Å². The molecule has 0 atom stereocenters. The summed E-state index contributed by atoms with van der Waals surface area (Å²) in [6, 6.07) is 21.9. The Morgan fingerprint density at radius 3 is 2.41 bits per heavy atom. The molecule has 3 heteroatoms. The quantitative estimate of drug-likeness (QED) is 0.387. The van der Waals surface area contributed by atoms with Crippen molar-refractivity contribution >= 4 is 11.9 Å². The van der Waals surface area contributed by atoms with E-state index >= 15 is 0 Å². The molecule has 1 aliphatic rings. The molecule has 0 saturated heterocycles. The lowest BCUT2D eigenvalue weighted by Crippen LogP contribution is -2.00. The third kappa shape index (κ3) is 3.99. The summed E-state index contributed by atoms with van der Waals surface area (Å²) in [7, 11) is 0. The normalized spacial score (nSPS) is 13.9. The van der Waals surface area contributed by atoms with E-state index in [4.69, 9.17) is 9.47 Å². The van der Waals surface area contributed by atoms with Gasteiger partial charge in [0.05, 0.1) is 5.56 Å². The maximum atomic E-state index is 12.8. The third-order valence-corrected chi connectivity index (χ3v) is 4.74. The molecule has 29 heavy (non-hydrogen) atoms. The molecule has 1 heterocycles. The van der Waals surface area contributed by atoms with Crippen LogP contribution in [0, 0.1) is 6.92 Å². The number of carbonyl (C=O) groups excluding carboxylic acids is 1. The first-order valence-electron chi connectivity index (χ1n) is 9.53. The number of hydrogen-bond donors (Lipinski definition) is 0. The first-order valence-corrected chi connectivity index (χ1v) is 9.53. The number of Topliss-reactive ketones (excluding diaryl/α,β-unsaturated/α-hetero) is 1. The molecule has 1 aliphatic heterocycles. The maximum absolute atomic E-state index is 12.8. The summed E-state index contributed by atoms with van der Waals surface area (Å²) >= 11 is 0. The third-order valence-electron chi connectivity index (χ3n) is 4.74. The van der Waals surface area contributed by atoms with Crippen molar-refractivity contribution in [2.75, 3.05) is 6.61 Å². The number of rotatable bonds is 5. The van der Waals surface area contributed by atoms with Crippen LogP contribution in [0.4, 0.5) is 0 Å². The standard InChI is InChI=1S/C26H22O3/c1-17(2)16-28-22-13-18(3)25-23(15-22)29-24(26(25)27)14-19-9-11-21(12-10-19)20-7-5-4-6-8-20/h4-15H,1,16H2,2-3H3/b24-14-. The molecule has 3 aromatic carbocycles. The van der Waals surface area contributed by atoms with Crippen molar-refractivity contribution in [2.45, 2.75) is 13.8 Å². The highest BCUT2D eigenvalue weighted by atomic mass is 16.5. The summed E-state index contributed by atoms with van der Waals surface area (Å²) < 4.78 is 11.6. The fraction of sp³-hybridized carbons (Fsp3) is 0.115. The Morgan fingerprint density at radius 2 is 1.72 bits per heavy atom. The molecule has 0 aromatic heterocycles. The molecular weight excluding hydrogens is 360 g/mol. The monoisotopic (exact) mass is 382 g/mol. The SMILES string of the molecule is C=C(C)COc1cc(C)c2c(c1)O/C(=C\c1ccc(-c3ccccc3)cc1)C2=O. The van der Waals surface area contributed by atoms with Crippen LogP contribution in [0.3, 0.4) is 0 Å². The average Bonchev–Trinajstić information content (AvgIpc) is 3.03. The number of allylic oxidation sites excluding steroid dienone is 1. The predicted molar refractivity (Wildman–Crippen MR) is 116 cm³/mol. The zero-order chi connectivity index (χ0) is 20.4. The second-order valence-electron chi connectivity index (χ2n) is 7.29. The molecule has 0 unspecified atom stereocenters. The second kappa shape index (κ2) is 7.80. The first-order chi connectivity index (χ1) is 14.0. The molecule has 3 nitrogen and oxygen atoms in total. The van der Waals surface area contributed by atoms with E-state index in [1.54, 1.807) is 12.1 Å². The van der Waals surface area contributed by atoms with Crippen molar-refractivity contribution in [3.05, 3.63) is 101 Å². The van der Waals surface area contributed by atoms with Crippen molar-refractivity contribution < 1.29 is 14.3 Å². The minimum atomic E-state index is -0.101. The van der Waals surface area contributed by atoms with Crippen LogP contribution in [0.25, 0.3) is 17.2 Å². The number of benzene rings is 3. The van der Waals surface area contributed by atoms with E-state index in [0.717, 1.165) is 27.8 Å². The van der Waals surface area contributed by atoms with Crippen LogP contribution in [0.1, 0.15) is 28.4 Å². The molecule has 144 valence electrons.